The lowest BCUT2D eigenvalue weighted by atomic mass is 9.87. The Morgan fingerprint density at radius 1 is 1.58 bits per heavy atom. The molecule has 6 heteroatoms. The summed E-state index contributed by atoms with van der Waals surface area (Å²) in [6, 6.07) is 0.345. The summed E-state index contributed by atoms with van der Waals surface area (Å²) in [6.45, 7) is 0.688. The lowest BCUT2D eigenvalue weighted by Crippen LogP contribution is -2.60. The molecule has 0 aromatic heterocycles. The van der Waals surface area contributed by atoms with Crippen molar-refractivity contribution in [3.63, 3.8) is 0 Å². The molecule has 0 aromatic carbocycles. The van der Waals surface area contributed by atoms with Gasteiger partial charge in [-0.2, -0.15) is 0 Å². The van der Waals surface area contributed by atoms with Crippen molar-refractivity contribution >= 4 is 12.3 Å². The molecule has 0 saturated carbocycles. The van der Waals surface area contributed by atoms with Crippen LogP contribution < -0.4 is 5.73 Å². The number of primary amides is 1. The smallest absolute Gasteiger partial charge is 0.237 e. The average molecular weight is 269 g/mol. The van der Waals surface area contributed by atoms with E-state index in [2.05, 4.69) is 4.90 Å². The summed E-state index contributed by atoms with van der Waals surface area (Å²) in [5.41, 5.74) is 5.04. The summed E-state index contributed by atoms with van der Waals surface area (Å²) in [4.78, 5) is 25.9. The molecule has 0 aromatic rings. The number of hydrogen-bond acceptors (Lipinski definition) is 4. The molecule has 2 fully saturated rings. The maximum absolute atomic E-state index is 11.8. The van der Waals surface area contributed by atoms with Gasteiger partial charge in [0.2, 0.25) is 12.3 Å². The van der Waals surface area contributed by atoms with E-state index in [4.69, 9.17) is 5.73 Å². The van der Waals surface area contributed by atoms with Crippen molar-refractivity contribution in [1.29, 1.82) is 0 Å². The third kappa shape index (κ3) is 2.60. The molecule has 2 amide bonds. The zero-order chi connectivity index (χ0) is 14.0. The molecular weight excluding hydrogens is 246 g/mol. The normalized spacial score (nSPS) is 32.0. The van der Waals surface area contributed by atoms with Crippen LogP contribution in [0.2, 0.25) is 0 Å². The number of hydrogen-bond donors (Lipinski definition) is 2. The fraction of sp³-hybridized carbons (Fsp3) is 0.846. The Kier molecular flexibility index (Phi) is 4.10. The molecule has 0 spiro atoms. The number of likely N-dealkylation sites (N-methyl/N-ethyl adjacent to an activating group) is 1. The number of nitrogens with two attached hydrogens (primary N) is 1. The van der Waals surface area contributed by atoms with Crippen molar-refractivity contribution in [1.82, 2.24) is 9.80 Å². The van der Waals surface area contributed by atoms with Crippen LogP contribution in [0.25, 0.3) is 0 Å². The standard InChI is InChI=1S/C13H23N3O3/c1-15(9-17)7-11(18)8-16-10-3-2-5-13(16,6-4-10)12(14)19/h9-11,18H,2-8H2,1H3,(H2,14,19)/t10-,11-,13+/m0/s1. The number of nitrogens with zero attached hydrogens (tertiary/aromatic N) is 2. The third-order valence-corrected chi connectivity index (χ3v) is 4.55. The van der Waals surface area contributed by atoms with Gasteiger partial charge in [0.25, 0.3) is 0 Å². The summed E-state index contributed by atoms with van der Waals surface area (Å²) in [6.07, 6.45) is 4.68. The molecule has 2 heterocycles. The Labute approximate surface area is 113 Å². The highest BCUT2D eigenvalue weighted by Crippen LogP contribution is 2.43. The highest BCUT2D eigenvalue weighted by Gasteiger charge is 2.52. The Balaban J connectivity index is 2.05. The molecular formula is C13H23N3O3. The van der Waals surface area contributed by atoms with E-state index in [1.165, 1.54) is 4.90 Å². The maximum Gasteiger partial charge on any atom is 0.237 e. The second kappa shape index (κ2) is 5.46. The van der Waals surface area contributed by atoms with Crippen molar-refractivity contribution in [3.8, 4) is 0 Å². The molecule has 6 nitrogen and oxygen atoms in total. The lowest BCUT2D eigenvalue weighted by molar-refractivity contribution is -0.133. The van der Waals surface area contributed by atoms with Gasteiger partial charge >= 0.3 is 0 Å². The molecule has 3 N–H and O–H groups in total. The first-order chi connectivity index (χ1) is 8.99. The summed E-state index contributed by atoms with van der Waals surface area (Å²) in [5, 5.41) is 10.1. The van der Waals surface area contributed by atoms with Crippen LogP contribution >= 0.6 is 0 Å². The minimum absolute atomic E-state index is 0.273. The van der Waals surface area contributed by atoms with Gasteiger partial charge in [-0.25, -0.2) is 0 Å². The van der Waals surface area contributed by atoms with Crippen LogP contribution in [0.3, 0.4) is 0 Å². The van der Waals surface area contributed by atoms with Crippen LogP contribution in [0.1, 0.15) is 32.1 Å². The van der Waals surface area contributed by atoms with Gasteiger partial charge in [-0.15, -0.1) is 0 Å². The first-order valence-corrected chi connectivity index (χ1v) is 6.90. The van der Waals surface area contributed by atoms with Crippen LogP contribution in [-0.2, 0) is 9.59 Å². The van der Waals surface area contributed by atoms with Gasteiger partial charge in [-0.3, -0.25) is 14.5 Å². The molecule has 19 heavy (non-hydrogen) atoms. The van der Waals surface area contributed by atoms with Gasteiger partial charge in [0.15, 0.2) is 0 Å². The van der Waals surface area contributed by atoms with Gasteiger partial charge in [-0.05, 0) is 32.1 Å². The number of carbonyl (C=O) groups is 2. The number of piperidine rings is 1. The van der Waals surface area contributed by atoms with E-state index in [9.17, 15) is 14.7 Å². The molecule has 2 rings (SSSR count). The van der Waals surface area contributed by atoms with E-state index in [0.717, 1.165) is 32.1 Å². The van der Waals surface area contributed by atoms with Crippen LogP contribution in [0.15, 0.2) is 0 Å². The molecule has 0 unspecified atom stereocenters. The van der Waals surface area contributed by atoms with Gasteiger partial charge in [0.1, 0.15) is 5.54 Å². The number of amides is 2. The molecule has 0 radical (unpaired) electrons. The number of carbonyl (C=O) groups excluding carboxylic acids is 2. The molecule has 3 atom stereocenters. The van der Waals surface area contributed by atoms with Crippen molar-refractivity contribution < 1.29 is 14.7 Å². The summed E-state index contributed by atoms with van der Waals surface area (Å²) in [5.74, 6) is -0.273. The predicted octanol–water partition coefficient (Wildman–Crippen LogP) is -0.692. The summed E-state index contributed by atoms with van der Waals surface area (Å²) >= 11 is 0. The minimum Gasteiger partial charge on any atom is -0.390 e. The van der Waals surface area contributed by atoms with Crippen molar-refractivity contribution in [2.45, 2.75) is 49.8 Å². The fourth-order valence-corrected chi connectivity index (χ4v) is 3.63. The van der Waals surface area contributed by atoms with Gasteiger partial charge in [0, 0.05) is 26.2 Å². The van der Waals surface area contributed by atoms with Crippen LogP contribution in [0, 0.1) is 0 Å². The average Bonchev–Trinajstić information content (AvgIpc) is 2.59. The van der Waals surface area contributed by atoms with Crippen LogP contribution in [-0.4, -0.2) is 65.0 Å². The van der Waals surface area contributed by atoms with Gasteiger partial charge in [0.05, 0.1) is 6.10 Å². The molecule has 2 bridgehead atoms. The summed E-state index contributed by atoms with van der Waals surface area (Å²) in [7, 11) is 1.63. The predicted molar refractivity (Wildman–Crippen MR) is 70.2 cm³/mol. The zero-order valence-electron chi connectivity index (χ0n) is 11.4. The molecule has 2 aliphatic heterocycles. The first-order valence-electron chi connectivity index (χ1n) is 6.90. The highest BCUT2D eigenvalue weighted by molar-refractivity contribution is 5.85. The highest BCUT2D eigenvalue weighted by atomic mass is 16.3. The largest absolute Gasteiger partial charge is 0.390 e. The number of aliphatic hydroxyl groups is 1. The van der Waals surface area contributed by atoms with Crippen molar-refractivity contribution in [2.24, 2.45) is 5.73 Å². The van der Waals surface area contributed by atoms with E-state index in [1.807, 2.05) is 0 Å². The van der Waals surface area contributed by atoms with Crippen LogP contribution in [0.5, 0.6) is 0 Å². The molecule has 108 valence electrons. The van der Waals surface area contributed by atoms with Crippen LogP contribution in [0.4, 0.5) is 0 Å². The van der Waals surface area contributed by atoms with Crippen molar-refractivity contribution in [2.75, 3.05) is 20.1 Å². The third-order valence-electron chi connectivity index (χ3n) is 4.55. The Hall–Kier alpha value is -1.14. The fourth-order valence-electron chi connectivity index (χ4n) is 3.63. The van der Waals surface area contributed by atoms with E-state index in [1.54, 1.807) is 7.05 Å². The van der Waals surface area contributed by atoms with Crippen molar-refractivity contribution in [3.05, 3.63) is 0 Å². The molecule has 2 saturated heterocycles. The second-order valence-corrected chi connectivity index (χ2v) is 5.83. The molecule has 2 aliphatic rings. The monoisotopic (exact) mass is 269 g/mol. The number of aliphatic hydroxyl groups excluding tert-OH is 1. The second-order valence-electron chi connectivity index (χ2n) is 5.83. The molecule has 0 aliphatic carbocycles. The topological polar surface area (TPSA) is 86.9 Å². The van der Waals surface area contributed by atoms with Gasteiger partial charge < -0.3 is 15.7 Å². The lowest BCUT2D eigenvalue weighted by Gasteiger charge is -2.43. The zero-order valence-corrected chi connectivity index (χ0v) is 11.4. The minimum atomic E-state index is -0.646. The Morgan fingerprint density at radius 3 is 2.95 bits per heavy atom. The Morgan fingerprint density at radius 2 is 2.32 bits per heavy atom. The van der Waals surface area contributed by atoms with E-state index in [0.29, 0.717) is 19.0 Å². The maximum atomic E-state index is 11.8. The van der Waals surface area contributed by atoms with E-state index >= 15 is 0 Å². The number of rotatable bonds is 6. The van der Waals surface area contributed by atoms with Gasteiger partial charge in [-0.1, -0.05) is 0 Å². The SMILES string of the molecule is CN(C=O)C[C@H](O)CN1[C@H]2CCC[C@]1(C(N)=O)CC2. The Bertz CT molecular complexity index is 359. The number of β-amino-alcohol motifs (C(OH)–C–C–N with tert-alkyl or cyclic N) is 1. The summed E-state index contributed by atoms with van der Waals surface area (Å²) < 4.78 is 0. The van der Waals surface area contributed by atoms with E-state index < -0.39 is 11.6 Å². The quantitative estimate of drug-likeness (QED) is 0.625. The number of fused-ring (bicyclic) bond motifs is 2. The first kappa shape index (κ1) is 14.3. The van der Waals surface area contributed by atoms with E-state index in [-0.39, 0.29) is 12.5 Å².